The Morgan fingerprint density at radius 3 is 1.30 bits per heavy atom. The van der Waals surface area contributed by atoms with E-state index in [1.54, 1.807) is 0 Å². The molecule has 66 heavy (non-hydrogen) atoms. The maximum atomic E-state index is 11.6. The quantitative estimate of drug-likeness (QED) is 0.173. The van der Waals surface area contributed by atoms with E-state index in [4.69, 9.17) is 8.83 Å². The first kappa shape index (κ1) is 36.3. The fraction of sp³-hybridized carbons (Fsp3) is 0. The van der Waals surface area contributed by atoms with Gasteiger partial charge in [-0.3, -0.25) is 4.98 Å². The number of rotatable bonds is 5. The molecule has 0 aliphatic carbocycles. The number of nitrogens with zero attached hydrogens (tertiary/aromatic N) is 4. The van der Waals surface area contributed by atoms with Crippen molar-refractivity contribution in [2.24, 2.45) is 0 Å². The van der Waals surface area contributed by atoms with E-state index in [0.29, 0.717) is 5.56 Å². The van der Waals surface area contributed by atoms with Crippen LogP contribution in [0.5, 0.6) is 0 Å². The van der Waals surface area contributed by atoms with Crippen molar-refractivity contribution >= 4 is 87.5 Å². The molecule has 14 rings (SSSR count). The third kappa shape index (κ3) is 5.20. The number of para-hydroxylation sites is 4. The number of hydrogen-bond acceptors (Lipinski definition) is 4. The number of nitriles is 1. The van der Waals surface area contributed by atoms with Gasteiger partial charge in [-0.1, -0.05) is 109 Å². The molecule has 0 aliphatic rings. The number of furan rings is 2. The van der Waals surface area contributed by atoms with Crippen molar-refractivity contribution in [2.75, 3.05) is 0 Å². The third-order valence-electron chi connectivity index (χ3n) is 13.5. The summed E-state index contributed by atoms with van der Waals surface area (Å²) in [6, 6.07) is 70.6. The van der Waals surface area contributed by atoms with Gasteiger partial charge in [0.05, 0.1) is 33.4 Å². The molecule has 5 aromatic heterocycles. The second-order valence-electron chi connectivity index (χ2n) is 17.0. The Morgan fingerprint density at radius 1 is 0.364 bits per heavy atom. The van der Waals surface area contributed by atoms with Crippen LogP contribution < -0.4 is 0 Å². The molecule has 6 nitrogen and oxygen atoms in total. The van der Waals surface area contributed by atoms with E-state index in [9.17, 15) is 5.26 Å². The molecule has 0 N–H and O–H groups in total. The molecule has 0 aliphatic heterocycles. The van der Waals surface area contributed by atoms with Gasteiger partial charge in [0, 0.05) is 55.5 Å². The molecule has 0 spiro atoms. The minimum Gasteiger partial charge on any atom is -0.456 e. The van der Waals surface area contributed by atoms with Crippen LogP contribution in [-0.2, 0) is 0 Å². The van der Waals surface area contributed by atoms with Crippen LogP contribution in [0, 0.1) is 11.3 Å². The van der Waals surface area contributed by atoms with Gasteiger partial charge in [-0.25, -0.2) is 0 Å². The number of aromatic nitrogens is 3. The summed E-state index contributed by atoms with van der Waals surface area (Å²) in [5.74, 6) is 0. The number of pyridine rings is 1. The second-order valence-corrected chi connectivity index (χ2v) is 17.0. The van der Waals surface area contributed by atoms with Crippen molar-refractivity contribution in [2.45, 2.75) is 0 Å². The van der Waals surface area contributed by atoms with Crippen LogP contribution in [0.15, 0.2) is 215 Å². The number of benzene rings is 9. The van der Waals surface area contributed by atoms with Gasteiger partial charge in [0.2, 0.25) is 0 Å². The highest BCUT2D eigenvalue weighted by Crippen LogP contribution is 2.45. The Kier molecular flexibility index (Phi) is 7.65. The lowest BCUT2D eigenvalue weighted by atomic mass is 9.97. The Bertz CT molecular complexity index is 4110. The fourth-order valence-corrected chi connectivity index (χ4v) is 10.6. The van der Waals surface area contributed by atoms with Crippen molar-refractivity contribution < 1.29 is 8.83 Å². The van der Waals surface area contributed by atoms with Gasteiger partial charge in [-0.2, -0.15) is 5.26 Å². The predicted octanol–water partition coefficient (Wildman–Crippen LogP) is 15.9. The second kappa shape index (κ2) is 13.9. The maximum Gasteiger partial charge on any atom is 0.135 e. The summed E-state index contributed by atoms with van der Waals surface area (Å²) in [6.45, 7) is 0. The van der Waals surface area contributed by atoms with Gasteiger partial charge in [0.25, 0.3) is 0 Å². The predicted molar refractivity (Wildman–Crippen MR) is 268 cm³/mol. The van der Waals surface area contributed by atoms with E-state index in [2.05, 4.69) is 178 Å². The summed E-state index contributed by atoms with van der Waals surface area (Å²) in [5, 5.41) is 20.4. The highest BCUT2D eigenvalue weighted by molar-refractivity contribution is 6.19. The molecule has 0 unspecified atom stereocenters. The minimum absolute atomic E-state index is 0.562. The summed E-state index contributed by atoms with van der Waals surface area (Å²) < 4.78 is 17.1. The van der Waals surface area contributed by atoms with E-state index < -0.39 is 0 Å². The minimum atomic E-state index is 0.562. The monoisotopic (exact) mass is 842 g/mol. The molecular formula is C60H34N4O2. The number of fused-ring (bicyclic) bond motifs is 12. The van der Waals surface area contributed by atoms with Crippen molar-refractivity contribution in [1.29, 1.82) is 5.26 Å². The highest BCUT2D eigenvalue weighted by Gasteiger charge is 2.25. The normalized spacial score (nSPS) is 11.9. The summed E-state index contributed by atoms with van der Waals surface area (Å²) in [7, 11) is 0. The Hall–Kier alpha value is -9.18. The van der Waals surface area contributed by atoms with Gasteiger partial charge in [0.15, 0.2) is 0 Å². The number of hydrogen-bond donors (Lipinski definition) is 0. The maximum absolute atomic E-state index is 11.6. The molecule has 14 aromatic rings. The van der Waals surface area contributed by atoms with Crippen LogP contribution in [0.1, 0.15) is 5.56 Å². The van der Waals surface area contributed by atoms with Crippen molar-refractivity contribution in [3.63, 3.8) is 0 Å². The van der Waals surface area contributed by atoms with Crippen LogP contribution in [0.25, 0.3) is 132 Å². The molecule has 0 saturated carbocycles. The van der Waals surface area contributed by atoms with E-state index in [1.165, 1.54) is 0 Å². The molecule has 9 aromatic carbocycles. The van der Waals surface area contributed by atoms with Gasteiger partial charge in [0.1, 0.15) is 34.0 Å². The van der Waals surface area contributed by atoms with Crippen LogP contribution in [0.2, 0.25) is 0 Å². The first-order valence-electron chi connectivity index (χ1n) is 22.1. The van der Waals surface area contributed by atoms with Crippen LogP contribution >= 0.6 is 0 Å². The SMILES string of the molecule is N#Cc1c(-n2c3ccccc3c3c(-c4ccc5oc6ccccc6c5c4)cccc32)cc(-c2ccncc2)cc1-n1c2ccccc2c2c(-c3ccc4oc5ccccc5c4c3)cccc21. The molecule has 0 bridgehead atoms. The highest BCUT2D eigenvalue weighted by atomic mass is 16.3. The van der Waals surface area contributed by atoms with Gasteiger partial charge >= 0.3 is 0 Å². The molecule has 6 heteroatoms. The topological polar surface area (TPSA) is 72.8 Å². The summed E-state index contributed by atoms with van der Waals surface area (Å²) in [5.41, 5.74) is 16.0. The van der Waals surface area contributed by atoms with Gasteiger partial charge < -0.3 is 18.0 Å². The Balaban J connectivity index is 1.05. The average Bonchev–Trinajstić information content (AvgIpc) is 4.13. The standard InChI is InChI=1S/C60H34N4O2/c61-35-48-53(63-49-17-5-1-13-44(49)59-40(15-9-19-51(59)63)37-23-25-57-46(31-37)42-11-3-7-21-55(42)65-57)33-39(36-27-29-62-30-28-36)34-54(48)64-50-18-6-2-14-45(50)60-41(16-10-20-52(60)64)38-24-26-58-47(32-38)43-12-4-8-22-56(43)66-58/h1-34H. The summed E-state index contributed by atoms with van der Waals surface area (Å²) in [4.78, 5) is 4.38. The Labute approximate surface area is 377 Å². The lowest BCUT2D eigenvalue weighted by Crippen LogP contribution is -2.05. The zero-order valence-corrected chi connectivity index (χ0v) is 35.2. The van der Waals surface area contributed by atoms with E-state index in [-0.39, 0.29) is 0 Å². The fourth-order valence-electron chi connectivity index (χ4n) is 10.6. The van der Waals surface area contributed by atoms with Gasteiger partial charge in [-0.15, -0.1) is 0 Å². The first-order chi connectivity index (χ1) is 32.7. The molecule has 306 valence electrons. The van der Waals surface area contributed by atoms with Crippen molar-refractivity contribution in [3.05, 3.63) is 212 Å². The van der Waals surface area contributed by atoms with Crippen molar-refractivity contribution in [3.8, 4) is 50.8 Å². The van der Waals surface area contributed by atoms with Crippen LogP contribution in [-0.4, -0.2) is 14.1 Å². The largest absolute Gasteiger partial charge is 0.456 e. The first-order valence-corrected chi connectivity index (χ1v) is 22.1. The summed E-state index contributed by atoms with van der Waals surface area (Å²) >= 11 is 0. The average molecular weight is 843 g/mol. The molecule has 5 heterocycles. The van der Waals surface area contributed by atoms with Crippen LogP contribution in [0.3, 0.4) is 0 Å². The Morgan fingerprint density at radius 2 is 0.803 bits per heavy atom. The molecule has 0 amide bonds. The smallest absolute Gasteiger partial charge is 0.135 e. The molecule has 0 atom stereocenters. The zero-order valence-electron chi connectivity index (χ0n) is 35.2. The van der Waals surface area contributed by atoms with E-state index in [0.717, 1.165) is 132 Å². The molecule has 0 radical (unpaired) electrons. The van der Waals surface area contributed by atoms with Gasteiger partial charge in [-0.05, 0) is 118 Å². The third-order valence-corrected chi connectivity index (χ3v) is 13.5. The molecule has 0 fully saturated rings. The van der Waals surface area contributed by atoms with Crippen molar-refractivity contribution in [1.82, 2.24) is 14.1 Å². The zero-order chi connectivity index (χ0) is 43.5. The lowest BCUT2D eigenvalue weighted by Gasteiger charge is -2.18. The molecular weight excluding hydrogens is 809 g/mol. The molecule has 0 saturated heterocycles. The van der Waals surface area contributed by atoms with Crippen LogP contribution in [0.4, 0.5) is 0 Å². The summed E-state index contributed by atoms with van der Waals surface area (Å²) in [6.07, 6.45) is 3.65. The van der Waals surface area contributed by atoms with E-state index in [1.807, 2.05) is 48.8 Å². The lowest BCUT2D eigenvalue weighted by molar-refractivity contribution is 0.668. The van der Waals surface area contributed by atoms with E-state index >= 15 is 0 Å².